The fourth-order valence-electron chi connectivity index (χ4n) is 2.64. The van der Waals surface area contributed by atoms with E-state index in [1.807, 2.05) is 19.2 Å². The maximum absolute atomic E-state index is 12.5. The van der Waals surface area contributed by atoms with Gasteiger partial charge in [0.15, 0.2) is 0 Å². The van der Waals surface area contributed by atoms with Crippen molar-refractivity contribution < 1.29 is 14.7 Å². The van der Waals surface area contributed by atoms with Crippen molar-refractivity contribution in [1.29, 1.82) is 0 Å². The number of carbonyl (C=O) groups excluding carboxylic acids is 1. The van der Waals surface area contributed by atoms with Gasteiger partial charge in [0.05, 0.1) is 10.4 Å². The number of carboxylic acids is 1. The van der Waals surface area contributed by atoms with Crippen LogP contribution in [0.5, 0.6) is 0 Å². The van der Waals surface area contributed by atoms with E-state index < -0.39 is 11.4 Å². The summed E-state index contributed by atoms with van der Waals surface area (Å²) in [6, 6.07) is 0. The normalized spacial score (nSPS) is 22.9. The first-order chi connectivity index (χ1) is 9.41. The monoisotopic (exact) mass is 315 g/mol. The number of carboxylic acid groups (broad SMARTS) is 1. The van der Waals surface area contributed by atoms with E-state index in [4.69, 9.17) is 11.6 Å². The second-order valence-electron chi connectivity index (χ2n) is 5.33. The average molecular weight is 316 g/mol. The van der Waals surface area contributed by atoms with Crippen molar-refractivity contribution >= 4 is 34.8 Å². The molecule has 0 bridgehead atoms. The molecule has 2 rings (SSSR count). The van der Waals surface area contributed by atoms with Crippen molar-refractivity contribution in [3.05, 3.63) is 20.8 Å². The van der Waals surface area contributed by atoms with Crippen molar-refractivity contribution in [2.24, 2.45) is 5.41 Å². The third-order valence-electron chi connectivity index (χ3n) is 4.09. The smallest absolute Gasteiger partial charge is 0.311 e. The quantitative estimate of drug-likeness (QED) is 0.929. The highest BCUT2D eigenvalue weighted by Crippen LogP contribution is 2.36. The van der Waals surface area contributed by atoms with Gasteiger partial charge < -0.3 is 10.0 Å². The first-order valence-corrected chi connectivity index (χ1v) is 7.93. The lowest BCUT2D eigenvalue weighted by molar-refractivity contribution is -0.152. The van der Waals surface area contributed by atoms with Crippen LogP contribution in [-0.4, -0.2) is 35.0 Å². The summed E-state index contributed by atoms with van der Waals surface area (Å²) in [7, 11) is 0. The molecule has 6 heteroatoms. The zero-order chi connectivity index (χ0) is 14.9. The number of hydrogen-bond acceptors (Lipinski definition) is 3. The predicted molar refractivity (Wildman–Crippen MR) is 79.6 cm³/mol. The molecule has 1 saturated heterocycles. The lowest BCUT2D eigenvalue weighted by Crippen LogP contribution is -2.49. The molecule has 2 heterocycles. The zero-order valence-electron chi connectivity index (χ0n) is 11.6. The largest absolute Gasteiger partial charge is 0.481 e. The zero-order valence-corrected chi connectivity index (χ0v) is 13.2. The van der Waals surface area contributed by atoms with Crippen LogP contribution in [0.4, 0.5) is 0 Å². The molecule has 0 aliphatic carbocycles. The number of rotatable bonds is 3. The van der Waals surface area contributed by atoms with Gasteiger partial charge in [-0.25, -0.2) is 0 Å². The van der Waals surface area contributed by atoms with Crippen molar-refractivity contribution in [1.82, 2.24) is 4.90 Å². The molecule has 1 aliphatic heterocycles. The van der Waals surface area contributed by atoms with Gasteiger partial charge in [0.25, 0.3) is 5.91 Å². The molecular formula is C14H18ClNO3S. The van der Waals surface area contributed by atoms with Crippen LogP contribution in [0.15, 0.2) is 5.38 Å². The van der Waals surface area contributed by atoms with Gasteiger partial charge in [-0.1, -0.05) is 18.5 Å². The molecule has 0 aromatic carbocycles. The van der Waals surface area contributed by atoms with E-state index in [1.165, 1.54) is 11.3 Å². The summed E-state index contributed by atoms with van der Waals surface area (Å²) in [5, 5.41) is 11.8. The van der Waals surface area contributed by atoms with Gasteiger partial charge in [0, 0.05) is 13.1 Å². The SMILES string of the molecule is CCC1(C(=O)O)CCCN(C(=O)c2scc(C)c2Cl)C1. The standard InChI is InChI=1S/C14H18ClNO3S/c1-3-14(13(18)19)5-4-6-16(8-14)12(17)11-10(15)9(2)7-20-11/h7H,3-6,8H2,1-2H3,(H,18,19). The summed E-state index contributed by atoms with van der Waals surface area (Å²) in [6.45, 7) is 4.59. The predicted octanol–water partition coefficient (Wildman–Crippen LogP) is 3.43. The van der Waals surface area contributed by atoms with Crippen LogP contribution in [0, 0.1) is 12.3 Å². The number of nitrogens with zero attached hydrogens (tertiary/aromatic N) is 1. The Balaban J connectivity index is 2.23. The molecule has 1 amide bonds. The van der Waals surface area contributed by atoms with E-state index in [2.05, 4.69) is 0 Å². The number of aryl methyl sites for hydroxylation is 1. The van der Waals surface area contributed by atoms with Crippen LogP contribution in [0.1, 0.15) is 41.4 Å². The number of likely N-dealkylation sites (tertiary alicyclic amines) is 1. The van der Waals surface area contributed by atoms with Crippen molar-refractivity contribution in [3.63, 3.8) is 0 Å². The van der Waals surface area contributed by atoms with E-state index in [-0.39, 0.29) is 12.5 Å². The summed E-state index contributed by atoms with van der Waals surface area (Å²) in [5.41, 5.74) is 0.0733. The van der Waals surface area contributed by atoms with Crippen LogP contribution in [-0.2, 0) is 4.79 Å². The molecule has 1 aromatic heterocycles. The second kappa shape index (κ2) is 5.74. The fourth-order valence-corrected chi connectivity index (χ4v) is 3.88. The van der Waals surface area contributed by atoms with Crippen LogP contribution in [0.2, 0.25) is 5.02 Å². The highest BCUT2D eigenvalue weighted by Gasteiger charge is 2.42. The van der Waals surface area contributed by atoms with E-state index in [9.17, 15) is 14.7 Å². The number of thiophene rings is 1. The second-order valence-corrected chi connectivity index (χ2v) is 6.59. The first-order valence-electron chi connectivity index (χ1n) is 6.67. The van der Waals surface area contributed by atoms with Crippen molar-refractivity contribution in [2.75, 3.05) is 13.1 Å². The molecule has 1 N–H and O–H groups in total. The number of aliphatic carboxylic acids is 1. The maximum Gasteiger partial charge on any atom is 0.311 e. The summed E-state index contributed by atoms with van der Waals surface area (Å²) in [5.74, 6) is -0.960. The molecule has 0 spiro atoms. The molecule has 0 saturated carbocycles. The molecule has 1 unspecified atom stereocenters. The Bertz CT molecular complexity index is 543. The minimum atomic E-state index is -0.814. The van der Waals surface area contributed by atoms with Crippen LogP contribution < -0.4 is 0 Å². The van der Waals surface area contributed by atoms with Gasteiger partial charge >= 0.3 is 5.97 Å². The van der Waals surface area contributed by atoms with Gasteiger partial charge in [-0.05, 0) is 37.1 Å². The summed E-state index contributed by atoms with van der Waals surface area (Å²) in [4.78, 5) is 26.2. The fraction of sp³-hybridized carbons (Fsp3) is 0.571. The molecule has 110 valence electrons. The molecular weight excluding hydrogens is 298 g/mol. The highest BCUT2D eigenvalue weighted by atomic mass is 35.5. The van der Waals surface area contributed by atoms with Gasteiger partial charge in [-0.3, -0.25) is 9.59 Å². The number of carbonyl (C=O) groups is 2. The Morgan fingerprint density at radius 1 is 1.55 bits per heavy atom. The van der Waals surface area contributed by atoms with Crippen molar-refractivity contribution in [3.8, 4) is 0 Å². The molecule has 1 fully saturated rings. The van der Waals surface area contributed by atoms with E-state index in [0.29, 0.717) is 35.7 Å². The van der Waals surface area contributed by atoms with Gasteiger partial charge in [-0.2, -0.15) is 0 Å². The Labute approximate surface area is 127 Å². The van der Waals surface area contributed by atoms with E-state index in [1.54, 1.807) is 4.90 Å². The van der Waals surface area contributed by atoms with E-state index >= 15 is 0 Å². The molecule has 0 radical (unpaired) electrons. The Hall–Kier alpha value is -1.07. The number of hydrogen-bond donors (Lipinski definition) is 1. The van der Waals surface area contributed by atoms with E-state index in [0.717, 1.165) is 5.56 Å². The molecule has 1 aromatic rings. The number of amides is 1. The lowest BCUT2D eigenvalue weighted by Gasteiger charge is -2.39. The summed E-state index contributed by atoms with van der Waals surface area (Å²) < 4.78 is 0. The number of halogens is 1. The molecule has 20 heavy (non-hydrogen) atoms. The first kappa shape index (κ1) is 15.3. The average Bonchev–Trinajstić information content (AvgIpc) is 2.78. The maximum atomic E-state index is 12.5. The third-order valence-corrected chi connectivity index (χ3v) is 5.77. The van der Waals surface area contributed by atoms with Crippen LogP contribution in [0.3, 0.4) is 0 Å². The minimum Gasteiger partial charge on any atom is -0.481 e. The van der Waals surface area contributed by atoms with Crippen molar-refractivity contribution in [2.45, 2.75) is 33.1 Å². The Kier molecular flexibility index (Phi) is 4.39. The van der Waals surface area contributed by atoms with Gasteiger partial charge in [0.2, 0.25) is 0 Å². The number of piperidine rings is 1. The third kappa shape index (κ3) is 2.56. The minimum absolute atomic E-state index is 0.146. The molecule has 1 atom stereocenters. The summed E-state index contributed by atoms with van der Waals surface area (Å²) >= 11 is 7.46. The topological polar surface area (TPSA) is 57.6 Å². The Morgan fingerprint density at radius 2 is 2.25 bits per heavy atom. The lowest BCUT2D eigenvalue weighted by atomic mass is 9.77. The van der Waals surface area contributed by atoms with Crippen LogP contribution in [0.25, 0.3) is 0 Å². The van der Waals surface area contributed by atoms with Gasteiger partial charge in [-0.15, -0.1) is 11.3 Å². The molecule has 1 aliphatic rings. The van der Waals surface area contributed by atoms with Crippen LogP contribution >= 0.6 is 22.9 Å². The highest BCUT2D eigenvalue weighted by molar-refractivity contribution is 7.13. The molecule has 4 nitrogen and oxygen atoms in total. The van der Waals surface area contributed by atoms with Gasteiger partial charge in [0.1, 0.15) is 4.88 Å². The summed E-state index contributed by atoms with van der Waals surface area (Å²) in [6.07, 6.45) is 1.87. The Morgan fingerprint density at radius 3 is 2.75 bits per heavy atom.